The van der Waals surface area contributed by atoms with Crippen molar-refractivity contribution in [2.45, 2.75) is 13.0 Å². The number of amides is 2. The number of rotatable bonds is 5. The molecular weight excluding hydrogens is 381 g/mol. The zero-order valence-electron chi connectivity index (χ0n) is 15.3. The molecule has 1 fully saturated rings. The molecule has 3 aromatic rings. The van der Waals surface area contributed by atoms with Gasteiger partial charge in [0.05, 0.1) is 18.8 Å². The third kappa shape index (κ3) is 3.88. The zero-order chi connectivity index (χ0) is 20.4. The number of ether oxygens (including phenoxy) is 1. The lowest BCUT2D eigenvalue weighted by atomic mass is 10.1. The Hall–Kier alpha value is -3.89. The van der Waals surface area contributed by atoms with E-state index in [1.807, 2.05) is 0 Å². The summed E-state index contributed by atoms with van der Waals surface area (Å²) in [4.78, 5) is 28.7. The first-order chi connectivity index (χ1) is 14.0. The number of aromatic nitrogens is 5. The minimum absolute atomic E-state index is 0.206. The van der Waals surface area contributed by atoms with Crippen LogP contribution in [0.25, 0.3) is 16.9 Å². The Morgan fingerprint density at radius 2 is 2.21 bits per heavy atom. The van der Waals surface area contributed by atoms with Gasteiger partial charge in [-0.25, -0.2) is 14.2 Å². The van der Waals surface area contributed by atoms with Gasteiger partial charge in [0, 0.05) is 24.2 Å². The third-order valence-corrected chi connectivity index (χ3v) is 4.36. The Labute approximate surface area is 164 Å². The summed E-state index contributed by atoms with van der Waals surface area (Å²) in [6.07, 6.45) is 1.85. The van der Waals surface area contributed by atoms with Crippen molar-refractivity contribution in [1.29, 1.82) is 0 Å². The lowest BCUT2D eigenvalue weighted by molar-refractivity contribution is -0.119. The first kappa shape index (κ1) is 18.5. The molecule has 4 rings (SSSR count). The van der Waals surface area contributed by atoms with E-state index in [1.165, 1.54) is 35.1 Å². The molecule has 3 heterocycles. The van der Waals surface area contributed by atoms with E-state index < -0.39 is 18.0 Å². The Balaban J connectivity index is 1.51. The van der Waals surface area contributed by atoms with Crippen molar-refractivity contribution in [3.05, 3.63) is 48.7 Å². The molecule has 1 saturated heterocycles. The minimum atomic E-state index is -0.583. The number of tetrazole rings is 1. The molecule has 148 valence electrons. The highest BCUT2D eigenvalue weighted by Gasteiger charge is 2.32. The molecular formula is C18H16FN7O3. The quantitative estimate of drug-likeness (QED) is 0.690. The molecule has 2 amide bonds. The van der Waals surface area contributed by atoms with Crippen LogP contribution in [0.3, 0.4) is 0 Å². The molecule has 1 atom stereocenters. The first-order valence-corrected chi connectivity index (χ1v) is 8.73. The van der Waals surface area contributed by atoms with E-state index in [-0.39, 0.29) is 19.0 Å². The lowest BCUT2D eigenvalue weighted by Crippen LogP contribution is -2.33. The predicted molar refractivity (Wildman–Crippen MR) is 98.6 cm³/mol. The molecule has 0 unspecified atom stereocenters. The summed E-state index contributed by atoms with van der Waals surface area (Å²) in [5, 5.41) is 13.4. The number of carbonyl (C=O) groups is 2. The molecule has 0 bridgehead atoms. The van der Waals surface area contributed by atoms with Crippen LogP contribution in [0.4, 0.5) is 14.9 Å². The Morgan fingerprint density at radius 1 is 1.34 bits per heavy atom. The summed E-state index contributed by atoms with van der Waals surface area (Å²) in [7, 11) is 0. The number of pyridine rings is 1. The van der Waals surface area contributed by atoms with Gasteiger partial charge in [-0.3, -0.25) is 9.69 Å². The van der Waals surface area contributed by atoms with Crippen molar-refractivity contribution in [3.63, 3.8) is 0 Å². The van der Waals surface area contributed by atoms with Gasteiger partial charge in [-0.1, -0.05) is 0 Å². The number of halogens is 1. The van der Waals surface area contributed by atoms with Gasteiger partial charge < -0.3 is 10.1 Å². The standard InChI is InChI=1S/C18H16FN7O3/c1-11(27)20-8-14-9-25(18(28)29-14)13-3-4-15(16(19)6-13)12-2-5-17(21-7-12)26-10-22-23-24-26/h2-7,10,14H,8-9H2,1H3,(H,20,27)/t14-/m0/s1. The van der Waals surface area contributed by atoms with Crippen LogP contribution in [0.1, 0.15) is 6.92 Å². The van der Waals surface area contributed by atoms with Gasteiger partial charge in [-0.15, -0.1) is 5.10 Å². The van der Waals surface area contributed by atoms with Gasteiger partial charge in [0.2, 0.25) is 5.91 Å². The van der Waals surface area contributed by atoms with E-state index in [0.29, 0.717) is 22.6 Å². The second-order valence-corrected chi connectivity index (χ2v) is 6.38. The van der Waals surface area contributed by atoms with Crippen LogP contribution in [0.2, 0.25) is 0 Å². The van der Waals surface area contributed by atoms with Gasteiger partial charge in [-0.05, 0) is 40.8 Å². The lowest BCUT2D eigenvalue weighted by Gasteiger charge is -2.14. The van der Waals surface area contributed by atoms with Crippen LogP contribution in [0.15, 0.2) is 42.9 Å². The maximum Gasteiger partial charge on any atom is 0.414 e. The topological polar surface area (TPSA) is 115 Å². The number of cyclic esters (lactones) is 1. The molecule has 1 N–H and O–H groups in total. The maximum atomic E-state index is 14.7. The average molecular weight is 397 g/mol. The summed E-state index contributed by atoms with van der Waals surface area (Å²) in [6, 6.07) is 7.86. The van der Waals surface area contributed by atoms with E-state index >= 15 is 0 Å². The van der Waals surface area contributed by atoms with Gasteiger partial charge >= 0.3 is 6.09 Å². The van der Waals surface area contributed by atoms with E-state index in [2.05, 4.69) is 25.8 Å². The highest BCUT2D eigenvalue weighted by molar-refractivity contribution is 5.90. The second kappa shape index (κ2) is 7.62. The van der Waals surface area contributed by atoms with E-state index in [9.17, 15) is 14.0 Å². The molecule has 2 aromatic heterocycles. The molecule has 29 heavy (non-hydrogen) atoms. The van der Waals surface area contributed by atoms with E-state index in [0.717, 1.165) is 0 Å². The summed E-state index contributed by atoms with van der Waals surface area (Å²) in [6.45, 7) is 1.81. The zero-order valence-corrected chi connectivity index (χ0v) is 15.3. The SMILES string of the molecule is CC(=O)NC[C@H]1CN(c2ccc(-c3ccc(-n4cnnn4)nc3)c(F)c2)C(=O)O1. The van der Waals surface area contributed by atoms with Crippen LogP contribution in [-0.2, 0) is 9.53 Å². The van der Waals surface area contributed by atoms with Crippen LogP contribution in [-0.4, -0.2) is 56.4 Å². The number of hydrogen-bond acceptors (Lipinski definition) is 7. The largest absolute Gasteiger partial charge is 0.442 e. The van der Waals surface area contributed by atoms with Crippen LogP contribution >= 0.6 is 0 Å². The molecule has 1 aliphatic heterocycles. The Bertz CT molecular complexity index is 1040. The molecule has 1 aromatic carbocycles. The van der Waals surface area contributed by atoms with Crippen molar-refractivity contribution in [2.75, 3.05) is 18.0 Å². The molecule has 0 radical (unpaired) electrons. The van der Waals surface area contributed by atoms with Crippen LogP contribution < -0.4 is 10.2 Å². The van der Waals surface area contributed by atoms with Crippen molar-refractivity contribution in [3.8, 4) is 16.9 Å². The molecule has 1 aliphatic rings. The molecule has 0 saturated carbocycles. The summed E-state index contributed by atoms with van der Waals surface area (Å²) in [5.74, 6) is -0.215. The molecule has 0 aliphatic carbocycles. The van der Waals surface area contributed by atoms with Gasteiger partial charge in [0.1, 0.15) is 18.2 Å². The van der Waals surface area contributed by atoms with Crippen LogP contribution in [0.5, 0.6) is 0 Å². The average Bonchev–Trinajstić information content (AvgIpc) is 3.36. The number of nitrogens with zero attached hydrogens (tertiary/aromatic N) is 6. The number of nitrogens with one attached hydrogen (secondary N) is 1. The molecule has 11 heteroatoms. The summed E-state index contributed by atoms with van der Waals surface area (Å²) in [5.41, 5.74) is 1.28. The Kier molecular flexibility index (Phi) is 4.85. The number of hydrogen-bond donors (Lipinski definition) is 1. The maximum absolute atomic E-state index is 14.7. The molecule has 0 spiro atoms. The fourth-order valence-electron chi connectivity index (χ4n) is 2.95. The van der Waals surface area contributed by atoms with E-state index in [4.69, 9.17) is 4.74 Å². The van der Waals surface area contributed by atoms with Gasteiger partial charge in [-0.2, -0.15) is 4.68 Å². The summed E-state index contributed by atoms with van der Waals surface area (Å²) >= 11 is 0. The number of carbonyl (C=O) groups excluding carboxylic acids is 2. The fraction of sp³-hybridized carbons (Fsp3) is 0.222. The normalized spacial score (nSPS) is 16.0. The number of benzene rings is 1. The number of anilines is 1. The smallest absolute Gasteiger partial charge is 0.414 e. The highest BCUT2D eigenvalue weighted by atomic mass is 19.1. The summed E-state index contributed by atoms with van der Waals surface area (Å²) < 4.78 is 21.3. The molecule has 10 nitrogen and oxygen atoms in total. The minimum Gasteiger partial charge on any atom is -0.442 e. The van der Waals surface area contributed by atoms with Crippen molar-refractivity contribution >= 4 is 17.7 Å². The van der Waals surface area contributed by atoms with Crippen molar-refractivity contribution in [2.24, 2.45) is 0 Å². The van der Waals surface area contributed by atoms with Gasteiger partial charge in [0.15, 0.2) is 5.82 Å². The fourth-order valence-corrected chi connectivity index (χ4v) is 2.95. The highest BCUT2D eigenvalue weighted by Crippen LogP contribution is 2.29. The monoisotopic (exact) mass is 397 g/mol. The third-order valence-electron chi connectivity index (χ3n) is 4.36. The van der Waals surface area contributed by atoms with Gasteiger partial charge in [0.25, 0.3) is 0 Å². The van der Waals surface area contributed by atoms with E-state index in [1.54, 1.807) is 24.3 Å². The Morgan fingerprint density at radius 3 is 2.86 bits per heavy atom. The van der Waals surface area contributed by atoms with Crippen molar-refractivity contribution in [1.82, 2.24) is 30.5 Å². The van der Waals surface area contributed by atoms with Crippen LogP contribution in [0, 0.1) is 5.82 Å². The van der Waals surface area contributed by atoms with Crippen molar-refractivity contribution < 1.29 is 18.7 Å². The first-order valence-electron chi connectivity index (χ1n) is 8.73. The second-order valence-electron chi connectivity index (χ2n) is 6.38. The predicted octanol–water partition coefficient (Wildman–Crippen LogP) is 1.32.